The standard InChI is InChI=1S/C13H8F3N/c14-9-3-1-4-10(7-9)17-8-11-12(15)5-2-6-13(11)16/h1-8H. The van der Waals surface area contributed by atoms with E-state index in [2.05, 4.69) is 4.99 Å². The highest BCUT2D eigenvalue weighted by atomic mass is 19.1. The van der Waals surface area contributed by atoms with Crippen molar-refractivity contribution in [2.75, 3.05) is 0 Å². The van der Waals surface area contributed by atoms with Gasteiger partial charge in [0.2, 0.25) is 0 Å². The molecule has 0 saturated heterocycles. The van der Waals surface area contributed by atoms with Gasteiger partial charge in [0.15, 0.2) is 0 Å². The number of hydrogen-bond donors (Lipinski definition) is 0. The average molecular weight is 235 g/mol. The van der Waals surface area contributed by atoms with E-state index in [9.17, 15) is 13.2 Å². The molecule has 2 rings (SSSR count). The van der Waals surface area contributed by atoms with Crippen molar-refractivity contribution >= 4 is 11.9 Å². The summed E-state index contributed by atoms with van der Waals surface area (Å²) < 4.78 is 39.3. The third-order valence-corrected chi connectivity index (χ3v) is 2.15. The van der Waals surface area contributed by atoms with Gasteiger partial charge in [-0.25, -0.2) is 13.2 Å². The molecular weight excluding hydrogens is 227 g/mol. The van der Waals surface area contributed by atoms with Crippen LogP contribution in [0.15, 0.2) is 47.5 Å². The summed E-state index contributed by atoms with van der Waals surface area (Å²) in [4.78, 5) is 3.81. The molecule has 0 amide bonds. The van der Waals surface area contributed by atoms with Gasteiger partial charge in [-0.3, -0.25) is 4.99 Å². The Morgan fingerprint density at radius 2 is 1.53 bits per heavy atom. The Hall–Kier alpha value is -2.10. The third-order valence-electron chi connectivity index (χ3n) is 2.15. The summed E-state index contributed by atoms with van der Waals surface area (Å²) in [6, 6.07) is 8.99. The molecule has 0 atom stereocenters. The van der Waals surface area contributed by atoms with E-state index in [1.807, 2.05) is 0 Å². The molecule has 0 heterocycles. The second-order valence-electron chi connectivity index (χ2n) is 3.37. The SMILES string of the molecule is Fc1cccc(N=Cc2c(F)cccc2F)c1. The van der Waals surface area contributed by atoms with Crippen LogP contribution in [0.3, 0.4) is 0 Å². The van der Waals surface area contributed by atoms with Crippen molar-refractivity contribution in [3.05, 3.63) is 65.5 Å². The number of aliphatic imine (C=N–C) groups is 1. The topological polar surface area (TPSA) is 12.4 Å². The van der Waals surface area contributed by atoms with E-state index in [1.165, 1.54) is 24.3 Å². The highest BCUT2D eigenvalue weighted by Gasteiger charge is 2.04. The molecule has 0 saturated carbocycles. The van der Waals surface area contributed by atoms with Gasteiger partial charge in [0.25, 0.3) is 0 Å². The van der Waals surface area contributed by atoms with E-state index in [1.54, 1.807) is 6.07 Å². The van der Waals surface area contributed by atoms with Crippen LogP contribution in [0, 0.1) is 17.5 Å². The summed E-state index contributed by atoms with van der Waals surface area (Å²) in [6.45, 7) is 0. The first kappa shape index (κ1) is 11.4. The van der Waals surface area contributed by atoms with Gasteiger partial charge in [-0.15, -0.1) is 0 Å². The molecular formula is C13H8F3N. The van der Waals surface area contributed by atoms with E-state index < -0.39 is 17.5 Å². The van der Waals surface area contributed by atoms with Gasteiger partial charge >= 0.3 is 0 Å². The molecule has 17 heavy (non-hydrogen) atoms. The van der Waals surface area contributed by atoms with Gasteiger partial charge in [-0.05, 0) is 30.3 Å². The van der Waals surface area contributed by atoms with Gasteiger partial charge in [0, 0.05) is 6.21 Å². The summed E-state index contributed by atoms with van der Waals surface area (Å²) in [7, 11) is 0. The van der Waals surface area contributed by atoms with Crippen molar-refractivity contribution in [3.8, 4) is 0 Å². The lowest BCUT2D eigenvalue weighted by atomic mass is 10.2. The molecule has 4 heteroatoms. The highest BCUT2D eigenvalue weighted by molar-refractivity contribution is 5.82. The van der Waals surface area contributed by atoms with Gasteiger partial charge in [-0.1, -0.05) is 12.1 Å². The first-order valence-corrected chi connectivity index (χ1v) is 4.90. The van der Waals surface area contributed by atoms with E-state index in [4.69, 9.17) is 0 Å². The summed E-state index contributed by atoms with van der Waals surface area (Å²) in [5.41, 5.74) is 0.0596. The van der Waals surface area contributed by atoms with Gasteiger partial charge in [-0.2, -0.15) is 0 Å². The minimum absolute atomic E-state index is 0.239. The fourth-order valence-electron chi connectivity index (χ4n) is 1.33. The van der Waals surface area contributed by atoms with E-state index in [-0.39, 0.29) is 5.56 Å². The second-order valence-corrected chi connectivity index (χ2v) is 3.37. The van der Waals surface area contributed by atoms with Gasteiger partial charge in [0.05, 0.1) is 11.3 Å². The zero-order valence-electron chi connectivity index (χ0n) is 8.70. The predicted octanol–water partition coefficient (Wildman–Crippen LogP) is 3.85. The van der Waals surface area contributed by atoms with Crippen LogP contribution < -0.4 is 0 Å². The quantitative estimate of drug-likeness (QED) is 0.701. The first-order valence-electron chi connectivity index (χ1n) is 4.90. The molecule has 0 aromatic heterocycles. The fourth-order valence-corrected chi connectivity index (χ4v) is 1.33. The lowest BCUT2D eigenvalue weighted by molar-refractivity contribution is 0.580. The molecule has 0 spiro atoms. The molecule has 0 aliphatic carbocycles. The average Bonchev–Trinajstić information content (AvgIpc) is 2.28. The zero-order chi connectivity index (χ0) is 12.3. The first-order chi connectivity index (χ1) is 8.16. The predicted molar refractivity (Wildman–Crippen MR) is 60.0 cm³/mol. The molecule has 0 unspecified atom stereocenters. The minimum Gasteiger partial charge on any atom is -0.256 e. The summed E-state index contributed by atoms with van der Waals surface area (Å²) in [6.07, 6.45) is 1.04. The van der Waals surface area contributed by atoms with Crippen LogP contribution in [0.2, 0.25) is 0 Å². The number of hydrogen-bond acceptors (Lipinski definition) is 1. The van der Waals surface area contributed by atoms with Crippen molar-refractivity contribution in [2.45, 2.75) is 0 Å². The summed E-state index contributed by atoms with van der Waals surface area (Å²) >= 11 is 0. The smallest absolute Gasteiger partial charge is 0.134 e. The molecule has 0 aliphatic heterocycles. The van der Waals surface area contributed by atoms with Gasteiger partial charge in [0.1, 0.15) is 17.5 Å². The van der Waals surface area contributed by atoms with Crippen LogP contribution in [0.4, 0.5) is 18.9 Å². The van der Waals surface area contributed by atoms with Crippen molar-refractivity contribution in [3.63, 3.8) is 0 Å². The Bertz CT molecular complexity index is 544. The maximum atomic E-state index is 13.2. The largest absolute Gasteiger partial charge is 0.256 e. The summed E-state index contributed by atoms with van der Waals surface area (Å²) in [5, 5.41) is 0. The normalized spacial score (nSPS) is 11.0. The number of nitrogens with zero attached hydrogens (tertiary/aromatic N) is 1. The van der Waals surface area contributed by atoms with Gasteiger partial charge < -0.3 is 0 Å². The van der Waals surface area contributed by atoms with Crippen LogP contribution >= 0.6 is 0 Å². The molecule has 2 aromatic carbocycles. The monoisotopic (exact) mass is 235 g/mol. The van der Waals surface area contributed by atoms with Crippen molar-refractivity contribution in [1.82, 2.24) is 0 Å². The van der Waals surface area contributed by atoms with E-state index in [0.29, 0.717) is 5.69 Å². The minimum atomic E-state index is -0.704. The Balaban J connectivity index is 2.32. The molecule has 0 N–H and O–H groups in total. The van der Waals surface area contributed by atoms with Crippen LogP contribution in [-0.4, -0.2) is 6.21 Å². The number of benzene rings is 2. The lowest BCUT2D eigenvalue weighted by Crippen LogP contribution is -1.92. The Labute approximate surface area is 96.2 Å². The maximum absolute atomic E-state index is 13.2. The molecule has 0 bridgehead atoms. The molecule has 0 radical (unpaired) electrons. The maximum Gasteiger partial charge on any atom is 0.134 e. The number of halogens is 3. The lowest BCUT2D eigenvalue weighted by Gasteiger charge is -1.98. The molecule has 86 valence electrons. The third kappa shape index (κ3) is 2.72. The highest BCUT2D eigenvalue weighted by Crippen LogP contribution is 2.15. The number of rotatable bonds is 2. The Morgan fingerprint density at radius 3 is 2.18 bits per heavy atom. The zero-order valence-corrected chi connectivity index (χ0v) is 8.70. The van der Waals surface area contributed by atoms with E-state index in [0.717, 1.165) is 18.3 Å². The van der Waals surface area contributed by atoms with Crippen LogP contribution in [0.1, 0.15) is 5.56 Å². The van der Waals surface area contributed by atoms with Crippen LogP contribution in [0.25, 0.3) is 0 Å². The van der Waals surface area contributed by atoms with Crippen molar-refractivity contribution in [1.29, 1.82) is 0 Å². The Morgan fingerprint density at radius 1 is 0.882 bits per heavy atom. The Kier molecular flexibility index (Phi) is 3.23. The van der Waals surface area contributed by atoms with Crippen LogP contribution in [0.5, 0.6) is 0 Å². The van der Waals surface area contributed by atoms with E-state index >= 15 is 0 Å². The molecule has 0 aliphatic rings. The fraction of sp³-hybridized carbons (Fsp3) is 0. The molecule has 0 fully saturated rings. The second kappa shape index (κ2) is 4.82. The molecule has 2 aromatic rings. The molecule has 1 nitrogen and oxygen atoms in total. The van der Waals surface area contributed by atoms with Crippen molar-refractivity contribution < 1.29 is 13.2 Å². The van der Waals surface area contributed by atoms with Crippen LogP contribution in [-0.2, 0) is 0 Å². The van der Waals surface area contributed by atoms with Crippen molar-refractivity contribution in [2.24, 2.45) is 4.99 Å². The summed E-state index contributed by atoms with van der Waals surface area (Å²) in [5.74, 6) is -1.86.